The maximum atomic E-state index is 13.1. The van der Waals surface area contributed by atoms with E-state index in [2.05, 4.69) is 4.74 Å². The lowest BCUT2D eigenvalue weighted by molar-refractivity contribution is -0.385. The number of nitrogens with zero attached hydrogens (tertiary/aromatic N) is 2. The average Bonchev–Trinajstić information content (AvgIpc) is 2.65. The van der Waals surface area contributed by atoms with Crippen LogP contribution >= 0.6 is 0 Å². The highest BCUT2D eigenvalue weighted by atomic mass is 32.2. The quantitative estimate of drug-likeness (QED) is 0.407. The molecule has 9 heteroatoms. The van der Waals surface area contributed by atoms with Crippen LogP contribution in [0.1, 0.15) is 25.3 Å². The Bertz CT molecular complexity index is 939. The molecule has 0 N–H and O–H groups in total. The van der Waals surface area contributed by atoms with E-state index in [1.807, 2.05) is 13.8 Å². The van der Waals surface area contributed by atoms with E-state index in [-0.39, 0.29) is 22.2 Å². The van der Waals surface area contributed by atoms with Gasteiger partial charge in [-0.1, -0.05) is 32.0 Å². The van der Waals surface area contributed by atoms with E-state index >= 15 is 0 Å². The van der Waals surface area contributed by atoms with Crippen LogP contribution < -0.4 is 4.31 Å². The lowest BCUT2D eigenvalue weighted by Crippen LogP contribution is -2.36. The van der Waals surface area contributed by atoms with Gasteiger partial charge in [-0.2, -0.15) is 0 Å². The summed E-state index contributed by atoms with van der Waals surface area (Å²) in [4.78, 5) is 21.8. The maximum Gasteiger partial charge on any atom is 0.326 e. The molecule has 0 radical (unpaired) electrons. The fourth-order valence-corrected chi connectivity index (χ4v) is 3.86. The van der Waals surface area contributed by atoms with Crippen molar-refractivity contribution in [3.8, 4) is 0 Å². The van der Waals surface area contributed by atoms with Crippen molar-refractivity contribution in [1.82, 2.24) is 0 Å². The summed E-state index contributed by atoms with van der Waals surface area (Å²) in [6, 6.07) is 11.4. The minimum atomic E-state index is -4.22. The van der Waals surface area contributed by atoms with Crippen molar-refractivity contribution >= 4 is 27.4 Å². The molecule has 144 valence electrons. The van der Waals surface area contributed by atoms with Gasteiger partial charge in [0.2, 0.25) is 0 Å². The third kappa shape index (κ3) is 4.62. The fourth-order valence-electron chi connectivity index (χ4n) is 2.41. The summed E-state index contributed by atoms with van der Waals surface area (Å²) < 4.78 is 31.6. The first-order valence-corrected chi connectivity index (χ1v) is 9.54. The van der Waals surface area contributed by atoms with Gasteiger partial charge >= 0.3 is 5.97 Å². The maximum absolute atomic E-state index is 13.1. The number of ether oxygens (including phenoxy) is 1. The normalized spacial score (nSPS) is 11.3. The van der Waals surface area contributed by atoms with Gasteiger partial charge in [0.05, 0.1) is 22.6 Å². The van der Waals surface area contributed by atoms with Crippen LogP contribution in [0.4, 0.5) is 11.4 Å². The first-order valence-electron chi connectivity index (χ1n) is 8.10. The Morgan fingerprint density at radius 3 is 2.33 bits per heavy atom. The number of nitro benzene ring substituents is 1. The molecular weight excluding hydrogens is 372 g/mol. The monoisotopic (exact) mass is 392 g/mol. The molecule has 2 rings (SSSR count). The van der Waals surface area contributed by atoms with Crippen molar-refractivity contribution in [2.75, 3.05) is 18.0 Å². The zero-order chi connectivity index (χ0) is 20.2. The number of anilines is 1. The van der Waals surface area contributed by atoms with E-state index in [0.717, 1.165) is 23.0 Å². The number of methoxy groups -OCH3 is 1. The standard InChI is InChI=1S/C18H20N2O6S/c1-13(2)14-7-9-15(10-8-14)19(12-18(21)26-3)27(24,25)17-6-4-5-16(11-17)20(22)23/h4-11,13H,12H2,1-3H3. The summed E-state index contributed by atoms with van der Waals surface area (Å²) in [6.07, 6.45) is 0. The summed E-state index contributed by atoms with van der Waals surface area (Å²) in [5.74, 6) is -0.501. The van der Waals surface area contributed by atoms with Crippen LogP contribution in [-0.2, 0) is 19.6 Å². The van der Waals surface area contributed by atoms with Gasteiger partial charge in [0.15, 0.2) is 0 Å². The summed E-state index contributed by atoms with van der Waals surface area (Å²) in [7, 11) is -3.07. The molecule has 0 aromatic heterocycles. The summed E-state index contributed by atoms with van der Waals surface area (Å²) in [5.41, 5.74) is 0.907. The molecule has 2 aromatic rings. The van der Waals surface area contributed by atoms with Gasteiger partial charge in [-0.25, -0.2) is 8.42 Å². The van der Waals surface area contributed by atoms with E-state index in [1.165, 1.54) is 18.2 Å². The van der Waals surface area contributed by atoms with Crippen LogP contribution in [0.25, 0.3) is 0 Å². The van der Waals surface area contributed by atoms with Gasteiger partial charge < -0.3 is 4.74 Å². The second kappa shape index (κ2) is 8.17. The highest BCUT2D eigenvalue weighted by molar-refractivity contribution is 7.92. The average molecular weight is 392 g/mol. The zero-order valence-corrected chi connectivity index (χ0v) is 16.0. The van der Waals surface area contributed by atoms with Crippen molar-refractivity contribution in [3.63, 3.8) is 0 Å². The minimum absolute atomic E-state index is 0.251. The van der Waals surface area contributed by atoms with Crippen LogP contribution in [0, 0.1) is 10.1 Å². The minimum Gasteiger partial charge on any atom is -0.468 e. The van der Waals surface area contributed by atoms with E-state index in [0.29, 0.717) is 0 Å². The fraction of sp³-hybridized carbons (Fsp3) is 0.278. The molecule has 0 heterocycles. The number of hydrogen-bond donors (Lipinski definition) is 0. The highest BCUT2D eigenvalue weighted by Crippen LogP contribution is 2.27. The van der Waals surface area contributed by atoms with Crippen LogP contribution in [-0.4, -0.2) is 33.0 Å². The van der Waals surface area contributed by atoms with Crippen LogP contribution in [0.5, 0.6) is 0 Å². The Labute approximate surface area is 157 Å². The van der Waals surface area contributed by atoms with Gasteiger partial charge in [0.1, 0.15) is 6.54 Å². The number of benzene rings is 2. The van der Waals surface area contributed by atoms with Gasteiger partial charge in [-0.3, -0.25) is 19.2 Å². The molecule has 27 heavy (non-hydrogen) atoms. The Hall–Kier alpha value is -2.94. The molecule has 0 amide bonds. The SMILES string of the molecule is COC(=O)CN(c1ccc(C(C)C)cc1)S(=O)(=O)c1cccc([N+](=O)[O-])c1. The number of esters is 1. The number of nitro groups is 1. The molecule has 2 aromatic carbocycles. The predicted molar refractivity (Wildman–Crippen MR) is 100 cm³/mol. The summed E-state index contributed by atoms with van der Waals surface area (Å²) in [5, 5.41) is 11.0. The molecule has 0 fully saturated rings. The van der Waals surface area contributed by atoms with Crippen molar-refractivity contribution in [2.24, 2.45) is 0 Å². The van der Waals surface area contributed by atoms with Crippen LogP contribution in [0.3, 0.4) is 0 Å². The third-order valence-corrected chi connectivity index (χ3v) is 5.73. The molecule has 0 bridgehead atoms. The van der Waals surface area contributed by atoms with Crippen LogP contribution in [0.2, 0.25) is 0 Å². The molecule has 0 unspecified atom stereocenters. The molecular formula is C18H20N2O6S. The van der Waals surface area contributed by atoms with Crippen molar-refractivity contribution in [3.05, 3.63) is 64.2 Å². The Kier molecular flexibility index (Phi) is 6.17. The molecule has 0 aliphatic rings. The molecule has 0 saturated carbocycles. The molecule has 8 nitrogen and oxygen atoms in total. The Morgan fingerprint density at radius 2 is 1.81 bits per heavy atom. The third-order valence-electron chi connectivity index (χ3n) is 3.96. The summed E-state index contributed by atoms with van der Waals surface area (Å²) >= 11 is 0. The van der Waals surface area contributed by atoms with Crippen molar-refractivity contribution < 1.29 is 22.9 Å². The summed E-state index contributed by atoms with van der Waals surface area (Å²) in [6.45, 7) is 3.45. The smallest absolute Gasteiger partial charge is 0.326 e. The largest absolute Gasteiger partial charge is 0.468 e. The molecule has 0 aliphatic heterocycles. The van der Waals surface area contributed by atoms with Crippen LogP contribution in [0.15, 0.2) is 53.4 Å². The highest BCUT2D eigenvalue weighted by Gasteiger charge is 2.29. The van der Waals surface area contributed by atoms with Gasteiger partial charge in [0.25, 0.3) is 15.7 Å². The van der Waals surface area contributed by atoms with Crippen molar-refractivity contribution in [1.29, 1.82) is 0 Å². The van der Waals surface area contributed by atoms with E-state index < -0.39 is 27.5 Å². The number of non-ortho nitro benzene ring substituents is 1. The molecule has 0 saturated heterocycles. The van der Waals surface area contributed by atoms with E-state index in [4.69, 9.17) is 0 Å². The second-order valence-electron chi connectivity index (χ2n) is 6.09. The van der Waals surface area contributed by atoms with Gasteiger partial charge in [0, 0.05) is 12.1 Å². The lowest BCUT2D eigenvalue weighted by Gasteiger charge is -2.23. The number of hydrogen-bond acceptors (Lipinski definition) is 6. The molecule has 0 aliphatic carbocycles. The van der Waals surface area contributed by atoms with Crippen molar-refractivity contribution in [2.45, 2.75) is 24.7 Å². The van der Waals surface area contributed by atoms with Gasteiger partial charge in [-0.15, -0.1) is 0 Å². The first-order chi connectivity index (χ1) is 12.7. The van der Waals surface area contributed by atoms with E-state index in [1.54, 1.807) is 24.3 Å². The molecule has 0 atom stereocenters. The Balaban J connectivity index is 2.53. The first kappa shape index (κ1) is 20.4. The Morgan fingerprint density at radius 1 is 1.19 bits per heavy atom. The number of rotatable bonds is 7. The second-order valence-corrected chi connectivity index (χ2v) is 7.95. The lowest BCUT2D eigenvalue weighted by atomic mass is 10.0. The molecule has 0 spiro atoms. The zero-order valence-electron chi connectivity index (χ0n) is 15.2. The topological polar surface area (TPSA) is 107 Å². The number of carbonyl (C=O) groups is 1. The van der Waals surface area contributed by atoms with E-state index in [9.17, 15) is 23.3 Å². The number of carbonyl (C=O) groups excluding carboxylic acids is 1. The number of sulfonamides is 1. The van der Waals surface area contributed by atoms with Gasteiger partial charge in [-0.05, 0) is 29.7 Å². The predicted octanol–water partition coefficient (Wildman–Crippen LogP) is 3.09.